The maximum atomic E-state index is 12.0. The molecule has 86 valence electrons. The number of hydrogen-bond acceptors (Lipinski definition) is 2. The zero-order valence-corrected chi connectivity index (χ0v) is 9.01. The maximum Gasteiger partial charge on any atom is 0.193 e. The number of methoxy groups -OCH3 is 1. The van der Waals surface area contributed by atoms with E-state index in [4.69, 9.17) is 4.74 Å². The smallest absolute Gasteiger partial charge is 0.193 e. The highest BCUT2D eigenvalue weighted by Gasteiger charge is 2.07. The third kappa shape index (κ3) is 2.11. The summed E-state index contributed by atoms with van der Waals surface area (Å²) in [5.41, 5.74) is 1.37. The van der Waals surface area contributed by atoms with E-state index in [0.29, 0.717) is 11.1 Å². The molecule has 2 nitrogen and oxygen atoms in total. The minimum Gasteiger partial charge on any atom is -0.497 e. The molecule has 0 aliphatic carbocycles. The Kier molecular flexibility index (Phi) is 3.01. The average molecular weight is 218 g/mol. The SMILES string of the molecule is COc1ccc(C(=O)c2ccccc2)cc1.[HH].[HH].[HH]. The minimum absolute atomic E-state index is 0. The van der Waals surface area contributed by atoms with Crippen LogP contribution in [0.5, 0.6) is 5.75 Å². The Labute approximate surface area is 98.9 Å². The summed E-state index contributed by atoms with van der Waals surface area (Å²) in [6.45, 7) is 0. The first-order valence-corrected chi connectivity index (χ1v) is 5.05. The molecule has 0 fully saturated rings. The largest absolute Gasteiger partial charge is 0.497 e. The van der Waals surface area contributed by atoms with Crippen LogP contribution >= 0.6 is 0 Å². The fraction of sp³-hybridized carbons (Fsp3) is 0.0714. The van der Waals surface area contributed by atoms with Crippen molar-refractivity contribution in [3.63, 3.8) is 0 Å². The number of ether oxygens (including phenoxy) is 1. The molecule has 0 saturated carbocycles. The Hall–Kier alpha value is -2.09. The van der Waals surface area contributed by atoms with Crippen LogP contribution in [0.1, 0.15) is 20.2 Å². The second-order valence-electron chi connectivity index (χ2n) is 3.42. The van der Waals surface area contributed by atoms with E-state index in [0.717, 1.165) is 5.75 Å². The molecule has 2 rings (SSSR count). The zero-order valence-electron chi connectivity index (χ0n) is 9.01. The maximum absolute atomic E-state index is 12.0. The molecule has 0 radical (unpaired) electrons. The molecule has 0 aliphatic heterocycles. The Morgan fingerprint density at radius 1 is 0.938 bits per heavy atom. The van der Waals surface area contributed by atoms with Crippen LogP contribution in [-0.4, -0.2) is 12.9 Å². The van der Waals surface area contributed by atoms with Crippen molar-refractivity contribution in [2.45, 2.75) is 0 Å². The molecule has 16 heavy (non-hydrogen) atoms. The number of carbonyl (C=O) groups is 1. The van der Waals surface area contributed by atoms with Gasteiger partial charge >= 0.3 is 0 Å². The highest BCUT2D eigenvalue weighted by molar-refractivity contribution is 6.08. The van der Waals surface area contributed by atoms with Crippen LogP contribution < -0.4 is 4.74 Å². The van der Waals surface area contributed by atoms with Crippen molar-refractivity contribution >= 4 is 5.78 Å². The highest BCUT2D eigenvalue weighted by atomic mass is 16.5. The van der Waals surface area contributed by atoms with Crippen molar-refractivity contribution in [1.82, 2.24) is 0 Å². The molecule has 2 aromatic carbocycles. The molecule has 0 saturated heterocycles. The monoisotopic (exact) mass is 218 g/mol. The van der Waals surface area contributed by atoms with E-state index in [1.54, 1.807) is 31.4 Å². The van der Waals surface area contributed by atoms with Gasteiger partial charge in [-0.3, -0.25) is 4.79 Å². The second kappa shape index (κ2) is 4.62. The molecular weight excluding hydrogens is 200 g/mol. The van der Waals surface area contributed by atoms with E-state index in [-0.39, 0.29) is 10.1 Å². The van der Waals surface area contributed by atoms with Gasteiger partial charge in [0, 0.05) is 15.4 Å². The molecule has 2 heteroatoms. The third-order valence-electron chi connectivity index (χ3n) is 2.39. The van der Waals surface area contributed by atoms with Gasteiger partial charge in [-0.1, -0.05) is 30.3 Å². The lowest BCUT2D eigenvalue weighted by atomic mass is 10.0. The van der Waals surface area contributed by atoms with E-state index in [9.17, 15) is 4.79 Å². The van der Waals surface area contributed by atoms with Crippen LogP contribution in [0.15, 0.2) is 54.6 Å². The first kappa shape index (κ1) is 10.4. The lowest BCUT2D eigenvalue weighted by Gasteiger charge is -2.02. The van der Waals surface area contributed by atoms with Crippen molar-refractivity contribution in [1.29, 1.82) is 0 Å². The summed E-state index contributed by atoms with van der Waals surface area (Å²) < 4.78 is 5.04. The van der Waals surface area contributed by atoms with E-state index in [1.807, 2.05) is 30.3 Å². The molecule has 0 atom stereocenters. The zero-order chi connectivity index (χ0) is 11.4. The molecule has 0 aliphatic rings. The highest BCUT2D eigenvalue weighted by Crippen LogP contribution is 2.14. The number of rotatable bonds is 3. The first-order valence-electron chi connectivity index (χ1n) is 5.05. The Morgan fingerprint density at radius 3 is 2.06 bits per heavy atom. The fourth-order valence-corrected chi connectivity index (χ4v) is 1.50. The standard InChI is InChI=1S/C14H12O2.3H2/c1-16-13-9-7-12(8-10-13)14(15)11-5-3-2-4-6-11;;;/h2-10H,1H3;3*1H. The van der Waals surface area contributed by atoms with Gasteiger partial charge in [0.15, 0.2) is 5.78 Å². The van der Waals surface area contributed by atoms with Crippen molar-refractivity contribution in [2.24, 2.45) is 0 Å². The van der Waals surface area contributed by atoms with Gasteiger partial charge in [0.2, 0.25) is 0 Å². The third-order valence-corrected chi connectivity index (χ3v) is 2.39. The van der Waals surface area contributed by atoms with Crippen molar-refractivity contribution in [2.75, 3.05) is 7.11 Å². The molecule has 0 unspecified atom stereocenters. The topological polar surface area (TPSA) is 26.3 Å². The van der Waals surface area contributed by atoms with Crippen LogP contribution in [0, 0.1) is 0 Å². The fourth-order valence-electron chi connectivity index (χ4n) is 1.50. The van der Waals surface area contributed by atoms with Crippen LogP contribution in [0.4, 0.5) is 0 Å². The number of carbonyl (C=O) groups excluding carboxylic acids is 1. The molecule has 0 amide bonds. The average Bonchev–Trinajstić information content (AvgIpc) is 2.39. The van der Waals surface area contributed by atoms with Crippen LogP contribution in [-0.2, 0) is 0 Å². The lowest BCUT2D eigenvalue weighted by molar-refractivity contribution is 0.103. The molecule has 0 N–H and O–H groups in total. The Bertz CT molecular complexity index is 484. The Morgan fingerprint density at radius 2 is 1.50 bits per heavy atom. The normalized spacial score (nSPS) is 9.81. The van der Waals surface area contributed by atoms with E-state index >= 15 is 0 Å². The summed E-state index contributed by atoms with van der Waals surface area (Å²) in [7, 11) is 1.61. The van der Waals surface area contributed by atoms with Gasteiger partial charge in [0.25, 0.3) is 0 Å². The van der Waals surface area contributed by atoms with E-state index < -0.39 is 0 Å². The summed E-state index contributed by atoms with van der Waals surface area (Å²) in [4.78, 5) is 12.0. The number of ketones is 1. The lowest BCUT2D eigenvalue weighted by Crippen LogP contribution is -2.00. The second-order valence-corrected chi connectivity index (χ2v) is 3.42. The molecular formula is C14H18O2. The van der Waals surface area contributed by atoms with Gasteiger partial charge in [-0.25, -0.2) is 0 Å². The van der Waals surface area contributed by atoms with Crippen LogP contribution in [0.25, 0.3) is 0 Å². The first-order chi connectivity index (χ1) is 7.81. The van der Waals surface area contributed by atoms with Crippen LogP contribution in [0.2, 0.25) is 0 Å². The summed E-state index contributed by atoms with van der Waals surface area (Å²) in [6.07, 6.45) is 0. The van der Waals surface area contributed by atoms with E-state index in [2.05, 4.69) is 0 Å². The van der Waals surface area contributed by atoms with Crippen molar-refractivity contribution < 1.29 is 13.8 Å². The summed E-state index contributed by atoms with van der Waals surface area (Å²) in [6, 6.07) is 16.4. The van der Waals surface area contributed by atoms with Crippen molar-refractivity contribution in [3.05, 3.63) is 65.7 Å². The summed E-state index contributed by atoms with van der Waals surface area (Å²) >= 11 is 0. The van der Waals surface area contributed by atoms with Gasteiger partial charge < -0.3 is 4.74 Å². The minimum atomic E-state index is 0. The van der Waals surface area contributed by atoms with Gasteiger partial charge in [0.05, 0.1) is 7.11 Å². The van der Waals surface area contributed by atoms with Gasteiger partial charge in [-0.05, 0) is 24.3 Å². The molecule has 0 aromatic heterocycles. The van der Waals surface area contributed by atoms with Crippen LogP contribution in [0.3, 0.4) is 0 Å². The number of benzene rings is 2. The number of hydrogen-bond donors (Lipinski definition) is 0. The van der Waals surface area contributed by atoms with Gasteiger partial charge in [0.1, 0.15) is 5.75 Å². The van der Waals surface area contributed by atoms with E-state index in [1.165, 1.54) is 0 Å². The molecule has 2 aromatic rings. The Balaban J connectivity index is 0. The summed E-state index contributed by atoms with van der Waals surface area (Å²) in [5, 5.41) is 0. The summed E-state index contributed by atoms with van der Waals surface area (Å²) in [5.74, 6) is 0.785. The molecule has 0 heterocycles. The quantitative estimate of drug-likeness (QED) is 0.735. The molecule has 0 bridgehead atoms. The molecule has 0 spiro atoms. The van der Waals surface area contributed by atoms with Gasteiger partial charge in [-0.15, -0.1) is 0 Å². The van der Waals surface area contributed by atoms with Crippen molar-refractivity contribution in [3.8, 4) is 5.75 Å². The predicted molar refractivity (Wildman–Crippen MR) is 69.2 cm³/mol. The van der Waals surface area contributed by atoms with Gasteiger partial charge in [-0.2, -0.15) is 0 Å². The predicted octanol–water partition coefficient (Wildman–Crippen LogP) is 3.66.